The molecular formula is C15H17NO3. The third kappa shape index (κ3) is 2.47. The molecule has 2 N–H and O–H groups in total. The van der Waals surface area contributed by atoms with Gasteiger partial charge in [-0.25, -0.2) is 4.79 Å². The largest absolute Gasteiger partial charge is 0.462 e. The van der Waals surface area contributed by atoms with E-state index in [9.17, 15) is 4.79 Å². The average molecular weight is 259 g/mol. The van der Waals surface area contributed by atoms with Crippen LogP contribution in [0.2, 0.25) is 0 Å². The first-order chi connectivity index (χ1) is 9.04. The topological polar surface area (TPSA) is 65.5 Å². The van der Waals surface area contributed by atoms with Gasteiger partial charge in [0.25, 0.3) is 0 Å². The lowest BCUT2D eigenvalue weighted by Crippen LogP contribution is -2.10. The van der Waals surface area contributed by atoms with Crippen molar-refractivity contribution in [3.05, 3.63) is 41.2 Å². The van der Waals surface area contributed by atoms with Gasteiger partial charge in [0, 0.05) is 11.3 Å². The van der Waals surface area contributed by atoms with Gasteiger partial charge < -0.3 is 14.9 Å². The van der Waals surface area contributed by atoms with Gasteiger partial charge in [0.05, 0.1) is 12.2 Å². The molecule has 1 aromatic carbocycles. The number of furan rings is 1. The van der Waals surface area contributed by atoms with Gasteiger partial charge >= 0.3 is 5.97 Å². The van der Waals surface area contributed by atoms with Crippen LogP contribution in [-0.4, -0.2) is 12.6 Å². The summed E-state index contributed by atoms with van der Waals surface area (Å²) in [4.78, 5) is 12.1. The Bertz CT molecular complexity index is 614. The monoisotopic (exact) mass is 259 g/mol. The minimum Gasteiger partial charge on any atom is -0.462 e. The van der Waals surface area contributed by atoms with E-state index < -0.39 is 5.97 Å². The molecule has 0 aliphatic carbocycles. The standard InChI is InChI=1S/C15H17NO3/c1-4-18-15(17)13-11(7-5-9(2)14(13)16)12-8-6-10(3)19-12/h5-8H,4,16H2,1-3H3. The van der Waals surface area contributed by atoms with E-state index in [1.807, 2.05) is 38.1 Å². The molecule has 0 aliphatic heterocycles. The second-order valence-corrected chi connectivity index (χ2v) is 4.35. The van der Waals surface area contributed by atoms with E-state index in [2.05, 4.69) is 0 Å². The molecule has 0 saturated carbocycles. The molecule has 0 unspecified atom stereocenters. The molecular weight excluding hydrogens is 242 g/mol. The summed E-state index contributed by atoms with van der Waals surface area (Å²) < 4.78 is 10.6. The number of benzene rings is 1. The van der Waals surface area contributed by atoms with Crippen molar-refractivity contribution in [2.24, 2.45) is 0 Å². The Morgan fingerprint density at radius 2 is 2.00 bits per heavy atom. The van der Waals surface area contributed by atoms with Gasteiger partial charge in [-0.3, -0.25) is 0 Å². The molecule has 0 saturated heterocycles. The minimum absolute atomic E-state index is 0.308. The molecule has 0 spiro atoms. The SMILES string of the molecule is CCOC(=O)c1c(-c2ccc(C)o2)ccc(C)c1N. The summed E-state index contributed by atoms with van der Waals surface area (Å²) >= 11 is 0. The fourth-order valence-electron chi connectivity index (χ4n) is 1.93. The molecule has 0 fully saturated rings. The van der Waals surface area contributed by atoms with Gasteiger partial charge in [-0.15, -0.1) is 0 Å². The highest BCUT2D eigenvalue weighted by Gasteiger charge is 2.20. The molecule has 0 radical (unpaired) electrons. The lowest BCUT2D eigenvalue weighted by Gasteiger charge is -2.12. The first-order valence-electron chi connectivity index (χ1n) is 6.17. The van der Waals surface area contributed by atoms with Crippen LogP contribution in [0, 0.1) is 13.8 Å². The Kier molecular flexibility index (Phi) is 3.60. The molecule has 0 amide bonds. The van der Waals surface area contributed by atoms with E-state index in [1.165, 1.54) is 0 Å². The van der Waals surface area contributed by atoms with Gasteiger partial charge in [-0.05, 0) is 44.5 Å². The van der Waals surface area contributed by atoms with Crippen molar-refractivity contribution in [1.82, 2.24) is 0 Å². The van der Waals surface area contributed by atoms with Gasteiger partial charge in [0.1, 0.15) is 11.5 Å². The van der Waals surface area contributed by atoms with E-state index >= 15 is 0 Å². The number of rotatable bonds is 3. The molecule has 19 heavy (non-hydrogen) atoms. The van der Waals surface area contributed by atoms with Crippen molar-refractivity contribution in [3.8, 4) is 11.3 Å². The fraction of sp³-hybridized carbons (Fsp3) is 0.267. The Morgan fingerprint density at radius 1 is 1.26 bits per heavy atom. The Labute approximate surface area is 112 Å². The summed E-state index contributed by atoms with van der Waals surface area (Å²) in [6, 6.07) is 7.37. The van der Waals surface area contributed by atoms with E-state index in [4.69, 9.17) is 14.9 Å². The van der Waals surface area contributed by atoms with E-state index in [1.54, 1.807) is 6.92 Å². The molecule has 0 aliphatic rings. The fourth-order valence-corrected chi connectivity index (χ4v) is 1.93. The second kappa shape index (κ2) is 5.18. The number of carbonyl (C=O) groups excluding carboxylic acids is 1. The smallest absolute Gasteiger partial charge is 0.340 e. The highest BCUT2D eigenvalue weighted by molar-refractivity contribution is 6.02. The van der Waals surface area contributed by atoms with Crippen molar-refractivity contribution < 1.29 is 13.9 Å². The maximum atomic E-state index is 12.1. The molecule has 2 rings (SSSR count). The normalized spacial score (nSPS) is 10.5. The number of aryl methyl sites for hydroxylation is 2. The van der Waals surface area contributed by atoms with Crippen LogP contribution >= 0.6 is 0 Å². The molecule has 0 atom stereocenters. The van der Waals surface area contributed by atoms with Crippen molar-refractivity contribution in [2.45, 2.75) is 20.8 Å². The minimum atomic E-state index is -0.423. The maximum Gasteiger partial charge on any atom is 0.340 e. The predicted molar refractivity (Wildman–Crippen MR) is 74.0 cm³/mol. The van der Waals surface area contributed by atoms with Crippen LogP contribution in [0.1, 0.15) is 28.6 Å². The number of anilines is 1. The summed E-state index contributed by atoms with van der Waals surface area (Å²) in [6.45, 7) is 5.78. The van der Waals surface area contributed by atoms with E-state index in [-0.39, 0.29) is 0 Å². The molecule has 2 aromatic rings. The lowest BCUT2D eigenvalue weighted by atomic mass is 10.00. The highest BCUT2D eigenvalue weighted by Crippen LogP contribution is 2.31. The van der Waals surface area contributed by atoms with Gasteiger partial charge in [-0.2, -0.15) is 0 Å². The van der Waals surface area contributed by atoms with Crippen LogP contribution in [-0.2, 0) is 4.74 Å². The Morgan fingerprint density at radius 3 is 2.58 bits per heavy atom. The summed E-state index contributed by atoms with van der Waals surface area (Å²) in [5, 5.41) is 0. The van der Waals surface area contributed by atoms with Crippen molar-refractivity contribution in [1.29, 1.82) is 0 Å². The van der Waals surface area contributed by atoms with Crippen LogP contribution < -0.4 is 5.73 Å². The van der Waals surface area contributed by atoms with Crippen LogP contribution in [0.25, 0.3) is 11.3 Å². The van der Waals surface area contributed by atoms with Gasteiger partial charge in [-0.1, -0.05) is 6.07 Å². The maximum absolute atomic E-state index is 12.1. The van der Waals surface area contributed by atoms with Crippen LogP contribution in [0.3, 0.4) is 0 Å². The van der Waals surface area contributed by atoms with Crippen molar-refractivity contribution >= 4 is 11.7 Å². The number of nitrogen functional groups attached to an aromatic ring is 1. The van der Waals surface area contributed by atoms with E-state index in [0.717, 1.165) is 11.3 Å². The number of ether oxygens (including phenoxy) is 1. The summed E-state index contributed by atoms with van der Waals surface area (Å²) in [5.74, 6) is 0.976. The average Bonchev–Trinajstić information content (AvgIpc) is 2.79. The third-order valence-electron chi connectivity index (χ3n) is 2.95. The van der Waals surface area contributed by atoms with Gasteiger partial charge in [0.15, 0.2) is 0 Å². The van der Waals surface area contributed by atoms with Gasteiger partial charge in [0.2, 0.25) is 0 Å². The van der Waals surface area contributed by atoms with Crippen LogP contribution in [0.4, 0.5) is 5.69 Å². The Balaban J connectivity index is 2.60. The molecule has 1 heterocycles. The lowest BCUT2D eigenvalue weighted by molar-refractivity contribution is 0.0528. The van der Waals surface area contributed by atoms with E-state index in [0.29, 0.717) is 29.2 Å². The molecule has 0 bridgehead atoms. The summed E-state index contributed by atoms with van der Waals surface area (Å²) in [6.07, 6.45) is 0. The summed E-state index contributed by atoms with van der Waals surface area (Å²) in [5.41, 5.74) is 8.33. The van der Waals surface area contributed by atoms with Crippen LogP contribution in [0.15, 0.2) is 28.7 Å². The third-order valence-corrected chi connectivity index (χ3v) is 2.95. The first-order valence-corrected chi connectivity index (χ1v) is 6.17. The number of esters is 1. The molecule has 100 valence electrons. The zero-order valence-corrected chi connectivity index (χ0v) is 11.3. The zero-order chi connectivity index (χ0) is 14.0. The quantitative estimate of drug-likeness (QED) is 0.678. The number of carbonyl (C=O) groups is 1. The highest BCUT2D eigenvalue weighted by atomic mass is 16.5. The van der Waals surface area contributed by atoms with Crippen molar-refractivity contribution in [2.75, 3.05) is 12.3 Å². The summed E-state index contributed by atoms with van der Waals surface area (Å²) in [7, 11) is 0. The first kappa shape index (κ1) is 13.2. The molecule has 4 nitrogen and oxygen atoms in total. The molecule has 1 aromatic heterocycles. The number of hydrogen-bond acceptors (Lipinski definition) is 4. The predicted octanol–water partition coefficient (Wildman–Crippen LogP) is 3.32. The second-order valence-electron chi connectivity index (χ2n) is 4.35. The zero-order valence-electron chi connectivity index (χ0n) is 11.3. The Hall–Kier alpha value is -2.23. The molecule has 4 heteroatoms. The number of hydrogen-bond donors (Lipinski definition) is 1. The number of nitrogens with two attached hydrogens (primary N) is 1. The van der Waals surface area contributed by atoms with Crippen LogP contribution in [0.5, 0.6) is 0 Å². The van der Waals surface area contributed by atoms with Crippen molar-refractivity contribution in [3.63, 3.8) is 0 Å².